The molecular formula is C23H26FN3O4. The number of ether oxygens (including phenoxy) is 2. The van der Waals surface area contributed by atoms with Gasteiger partial charge < -0.3 is 14.4 Å². The van der Waals surface area contributed by atoms with Crippen LogP contribution in [0.15, 0.2) is 47.6 Å². The summed E-state index contributed by atoms with van der Waals surface area (Å²) in [6.45, 7) is 1.62. The molecule has 1 atom stereocenters. The van der Waals surface area contributed by atoms with Gasteiger partial charge in [-0.1, -0.05) is 31.2 Å². The van der Waals surface area contributed by atoms with Crippen LogP contribution in [0.1, 0.15) is 36.9 Å². The van der Waals surface area contributed by atoms with Crippen molar-refractivity contribution in [2.24, 2.45) is 5.10 Å². The van der Waals surface area contributed by atoms with Crippen molar-refractivity contribution in [3.8, 4) is 11.5 Å². The maximum absolute atomic E-state index is 14.4. The molecule has 0 fully saturated rings. The van der Waals surface area contributed by atoms with Crippen molar-refractivity contribution >= 4 is 17.5 Å². The number of benzene rings is 2. The molecule has 2 aromatic rings. The quantitative estimate of drug-likeness (QED) is 0.679. The first-order chi connectivity index (χ1) is 14.9. The minimum Gasteiger partial charge on any atom is -0.493 e. The number of nitrogens with zero attached hydrogens (tertiary/aromatic N) is 3. The van der Waals surface area contributed by atoms with Gasteiger partial charge in [-0.25, -0.2) is 9.40 Å². The van der Waals surface area contributed by atoms with E-state index in [0.29, 0.717) is 35.6 Å². The van der Waals surface area contributed by atoms with E-state index in [2.05, 4.69) is 5.10 Å². The molecule has 0 radical (unpaired) electrons. The summed E-state index contributed by atoms with van der Waals surface area (Å²) in [7, 11) is 4.65. The van der Waals surface area contributed by atoms with Crippen LogP contribution in [-0.2, 0) is 9.59 Å². The highest BCUT2D eigenvalue weighted by molar-refractivity contribution is 6.03. The van der Waals surface area contributed by atoms with Gasteiger partial charge in [0.15, 0.2) is 11.5 Å². The van der Waals surface area contributed by atoms with Crippen molar-refractivity contribution in [3.05, 3.63) is 59.4 Å². The Bertz CT molecular complexity index is 1010. The van der Waals surface area contributed by atoms with Crippen molar-refractivity contribution in [3.63, 3.8) is 0 Å². The molecule has 0 aliphatic carbocycles. The minimum atomic E-state index is -0.466. The zero-order valence-electron chi connectivity index (χ0n) is 18.1. The fraction of sp³-hybridized carbons (Fsp3) is 0.348. The minimum absolute atomic E-state index is 0.121. The Morgan fingerprint density at radius 3 is 2.52 bits per heavy atom. The van der Waals surface area contributed by atoms with Crippen LogP contribution in [0.5, 0.6) is 11.5 Å². The van der Waals surface area contributed by atoms with Crippen LogP contribution in [0.3, 0.4) is 0 Å². The molecule has 0 spiro atoms. The molecule has 31 heavy (non-hydrogen) atoms. The van der Waals surface area contributed by atoms with Crippen molar-refractivity contribution in [1.29, 1.82) is 0 Å². The van der Waals surface area contributed by atoms with Gasteiger partial charge in [0.25, 0.3) is 5.91 Å². The number of hydrogen-bond acceptors (Lipinski definition) is 5. The number of methoxy groups -OCH3 is 2. The highest BCUT2D eigenvalue weighted by Crippen LogP contribution is 2.37. The van der Waals surface area contributed by atoms with Gasteiger partial charge in [0.05, 0.1) is 26.0 Å². The SMILES string of the molecule is CCC(=O)N(C)CC(=O)N1N=C(c2ccccc2F)C[C@@H]1c1ccc(OC)c(OC)c1. The summed E-state index contributed by atoms with van der Waals surface area (Å²) >= 11 is 0. The number of hydrogen-bond donors (Lipinski definition) is 0. The van der Waals surface area contributed by atoms with E-state index in [1.807, 2.05) is 6.07 Å². The molecular weight excluding hydrogens is 401 g/mol. The lowest BCUT2D eigenvalue weighted by molar-refractivity contribution is -0.140. The summed E-state index contributed by atoms with van der Waals surface area (Å²) in [5, 5.41) is 5.80. The summed E-state index contributed by atoms with van der Waals surface area (Å²) < 4.78 is 25.1. The molecule has 1 aliphatic rings. The van der Waals surface area contributed by atoms with E-state index in [4.69, 9.17) is 9.47 Å². The molecule has 0 N–H and O–H groups in total. The second kappa shape index (κ2) is 9.59. The highest BCUT2D eigenvalue weighted by atomic mass is 19.1. The van der Waals surface area contributed by atoms with Crippen LogP contribution in [0.2, 0.25) is 0 Å². The Balaban J connectivity index is 1.97. The molecule has 0 saturated heterocycles. The number of carbonyl (C=O) groups is 2. The van der Waals surface area contributed by atoms with Gasteiger partial charge in [-0.3, -0.25) is 9.59 Å². The molecule has 8 heteroatoms. The zero-order chi connectivity index (χ0) is 22.5. The molecule has 0 bridgehead atoms. The summed E-state index contributed by atoms with van der Waals surface area (Å²) in [4.78, 5) is 26.4. The normalized spacial score (nSPS) is 15.5. The first-order valence-corrected chi connectivity index (χ1v) is 9.99. The lowest BCUT2D eigenvalue weighted by Crippen LogP contribution is -2.39. The van der Waals surface area contributed by atoms with Gasteiger partial charge in [-0.05, 0) is 23.8 Å². The van der Waals surface area contributed by atoms with Crippen LogP contribution in [0, 0.1) is 5.82 Å². The standard InChI is InChI=1S/C23H26FN3O4/c1-5-22(28)26(2)14-23(29)27-19(15-10-11-20(30-3)21(12-15)31-4)13-18(25-27)16-8-6-7-9-17(16)24/h6-12,19H,5,13-14H2,1-4H3/t19-/m1/s1. The van der Waals surface area contributed by atoms with Crippen LogP contribution in [0.4, 0.5) is 4.39 Å². The Labute approximate surface area is 181 Å². The highest BCUT2D eigenvalue weighted by Gasteiger charge is 2.35. The van der Waals surface area contributed by atoms with E-state index in [-0.39, 0.29) is 18.4 Å². The van der Waals surface area contributed by atoms with E-state index in [1.165, 1.54) is 23.1 Å². The third-order valence-electron chi connectivity index (χ3n) is 5.24. The fourth-order valence-electron chi connectivity index (χ4n) is 3.55. The molecule has 1 heterocycles. The van der Waals surface area contributed by atoms with E-state index < -0.39 is 11.9 Å². The molecule has 164 valence electrons. The summed E-state index contributed by atoms with van der Waals surface area (Å²) in [6.07, 6.45) is 0.625. The van der Waals surface area contributed by atoms with Crippen LogP contribution in [0.25, 0.3) is 0 Å². The van der Waals surface area contributed by atoms with Gasteiger partial charge in [0.2, 0.25) is 5.91 Å². The summed E-state index contributed by atoms with van der Waals surface area (Å²) in [5.41, 5.74) is 1.59. The Morgan fingerprint density at radius 2 is 1.87 bits per heavy atom. The molecule has 7 nitrogen and oxygen atoms in total. The van der Waals surface area contributed by atoms with Crippen molar-refractivity contribution in [2.75, 3.05) is 27.8 Å². The number of rotatable bonds is 7. The maximum atomic E-state index is 14.4. The predicted octanol–water partition coefficient (Wildman–Crippen LogP) is 3.39. The largest absolute Gasteiger partial charge is 0.493 e. The molecule has 2 amide bonds. The second-order valence-electron chi connectivity index (χ2n) is 7.20. The van der Waals surface area contributed by atoms with Gasteiger partial charge in [-0.2, -0.15) is 5.10 Å². The van der Waals surface area contributed by atoms with E-state index >= 15 is 0 Å². The molecule has 0 aromatic heterocycles. The Morgan fingerprint density at radius 1 is 1.16 bits per heavy atom. The predicted molar refractivity (Wildman–Crippen MR) is 115 cm³/mol. The monoisotopic (exact) mass is 427 g/mol. The van der Waals surface area contributed by atoms with E-state index in [9.17, 15) is 14.0 Å². The fourth-order valence-corrected chi connectivity index (χ4v) is 3.55. The van der Waals surface area contributed by atoms with Crippen molar-refractivity contribution < 1.29 is 23.5 Å². The molecule has 1 aliphatic heterocycles. The molecule has 0 unspecified atom stereocenters. The first kappa shape index (κ1) is 22.3. The van der Waals surface area contributed by atoms with E-state index in [1.54, 1.807) is 51.4 Å². The molecule has 0 saturated carbocycles. The third-order valence-corrected chi connectivity index (χ3v) is 5.24. The summed E-state index contributed by atoms with van der Waals surface area (Å²) in [6, 6.07) is 11.2. The topological polar surface area (TPSA) is 71.4 Å². The maximum Gasteiger partial charge on any atom is 0.262 e. The van der Waals surface area contributed by atoms with Crippen LogP contribution >= 0.6 is 0 Å². The zero-order valence-corrected chi connectivity index (χ0v) is 18.1. The van der Waals surface area contributed by atoms with Gasteiger partial charge >= 0.3 is 0 Å². The van der Waals surface area contributed by atoms with Crippen molar-refractivity contribution in [1.82, 2.24) is 9.91 Å². The Hall–Kier alpha value is -3.42. The number of carbonyl (C=O) groups excluding carboxylic acids is 2. The lowest BCUT2D eigenvalue weighted by Gasteiger charge is -2.25. The average molecular weight is 427 g/mol. The van der Waals surface area contributed by atoms with E-state index in [0.717, 1.165) is 5.56 Å². The first-order valence-electron chi connectivity index (χ1n) is 9.99. The number of likely N-dealkylation sites (N-methyl/N-ethyl adjacent to an activating group) is 1. The van der Waals surface area contributed by atoms with Crippen LogP contribution < -0.4 is 9.47 Å². The number of halogens is 1. The van der Waals surface area contributed by atoms with Gasteiger partial charge in [-0.15, -0.1) is 0 Å². The number of amides is 2. The smallest absolute Gasteiger partial charge is 0.262 e. The second-order valence-corrected chi connectivity index (χ2v) is 7.20. The summed E-state index contributed by atoms with van der Waals surface area (Å²) in [5.74, 6) is 0.180. The Kier molecular flexibility index (Phi) is 6.89. The molecule has 2 aromatic carbocycles. The van der Waals surface area contributed by atoms with Crippen LogP contribution in [-0.4, -0.2) is 55.2 Å². The number of hydrazone groups is 1. The lowest BCUT2D eigenvalue weighted by atomic mass is 9.97. The van der Waals surface area contributed by atoms with Gasteiger partial charge in [0.1, 0.15) is 12.4 Å². The van der Waals surface area contributed by atoms with Gasteiger partial charge in [0, 0.05) is 25.5 Å². The van der Waals surface area contributed by atoms with Crippen molar-refractivity contribution in [2.45, 2.75) is 25.8 Å². The molecule has 3 rings (SSSR count). The average Bonchev–Trinajstić information content (AvgIpc) is 3.23. The third kappa shape index (κ3) is 4.68.